The Hall–Kier alpha value is -3.32. The van der Waals surface area contributed by atoms with Crippen molar-refractivity contribution in [1.82, 2.24) is 0 Å². The van der Waals surface area contributed by atoms with Gasteiger partial charge in [-0.2, -0.15) is 0 Å². The zero-order valence-electron chi connectivity index (χ0n) is 20.7. The minimum atomic E-state index is -3.90. The summed E-state index contributed by atoms with van der Waals surface area (Å²) < 4.78 is 69.8. The molecule has 10 nitrogen and oxygen atoms in total. The highest BCUT2D eigenvalue weighted by molar-refractivity contribution is 7.93. The van der Waals surface area contributed by atoms with Gasteiger partial charge in [-0.1, -0.05) is 36.4 Å². The molecule has 2 N–H and O–H groups in total. The van der Waals surface area contributed by atoms with Gasteiger partial charge in [0, 0.05) is 26.2 Å². The molecule has 0 aliphatic carbocycles. The summed E-state index contributed by atoms with van der Waals surface area (Å²) in [7, 11) is -7.81. The topological polar surface area (TPSA) is 117 Å². The van der Waals surface area contributed by atoms with Crippen LogP contribution < -0.4 is 19.2 Å². The monoisotopic (exact) mass is 558 g/mol. The van der Waals surface area contributed by atoms with Crippen LogP contribution in [0.3, 0.4) is 0 Å². The second kappa shape index (κ2) is 11.2. The van der Waals surface area contributed by atoms with Crippen LogP contribution in [0.5, 0.6) is 0 Å². The molecule has 0 radical (unpaired) electrons. The zero-order chi connectivity index (χ0) is 26.6. The van der Waals surface area contributed by atoms with E-state index in [-0.39, 0.29) is 9.79 Å². The first-order valence-corrected chi connectivity index (χ1v) is 15.3. The Morgan fingerprint density at radius 1 is 0.553 bits per heavy atom. The van der Waals surface area contributed by atoms with Crippen LogP contribution in [0.25, 0.3) is 0 Å². The lowest BCUT2D eigenvalue weighted by Crippen LogP contribution is -2.38. The number of anilines is 4. The Labute approximate surface area is 223 Å². The Balaban J connectivity index is 1.62. The molecule has 3 aromatic rings. The maximum absolute atomic E-state index is 13.3. The zero-order valence-corrected chi connectivity index (χ0v) is 22.4. The van der Waals surface area contributed by atoms with Crippen molar-refractivity contribution in [2.45, 2.75) is 9.79 Å². The van der Waals surface area contributed by atoms with E-state index in [4.69, 9.17) is 9.47 Å². The highest BCUT2D eigenvalue weighted by Gasteiger charge is 2.26. The van der Waals surface area contributed by atoms with E-state index in [0.29, 0.717) is 75.4 Å². The van der Waals surface area contributed by atoms with Gasteiger partial charge in [-0.25, -0.2) is 16.8 Å². The van der Waals surface area contributed by atoms with Crippen LogP contribution in [0.2, 0.25) is 0 Å². The SMILES string of the molecule is O=S(=O)(Nc1cc(N2CCOCC2)c(NS(=O)(=O)c2ccccc2)cc1N1CCOCC1)c1ccccc1. The summed E-state index contributed by atoms with van der Waals surface area (Å²) in [5.74, 6) is 0. The standard InChI is InChI=1S/C26H30N4O6S2/c31-37(32,21-7-3-1-4-8-21)27-23-19-26(30-13-17-36-18-14-30)24(20-25(23)29-11-15-35-16-12-29)28-38(33,34)22-9-5-2-6-10-22/h1-10,19-20,27-28H,11-18H2. The summed E-state index contributed by atoms with van der Waals surface area (Å²) in [5.41, 5.74) is 1.85. The van der Waals surface area contributed by atoms with Gasteiger partial charge in [0.15, 0.2) is 0 Å². The number of ether oxygens (including phenoxy) is 2. The third kappa shape index (κ3) is 5.88. The van der Waals surface area contributed by atoms with E-state index in [1.54, 1.807) is 48.5 Å². The maximum atomic E-state index is 13.3. The lowest BCUT2D eigenvalue weighted by molar-refractivity contribution is 0.122. The average Bonchev–Trinajstić information content (AvgIpc) is 2.95. The van der Waals surface area contributed by atoms with Gasteiger partial charge in [0.1, 0.15) is 0 Å². The normalized spacial score (nSPS) is 16.7. The summed E-state index contributed by atoms with van der Waals surface area (Å²) in [6.07, 6.45) is 0. The molecule has 0 atom stereocenters. The smallest absolute Gasteiger partial charge is 0.261 e. The Kier molecular flexibility index (Phi) is 7.75. The number of benzene rings is 3. The van der Waals surface area contributed by atoms with Crippen molar-refractivity contribution in [2.75, 3.05) is 71.9 Å². The van der Waals surface area contributed by atoms with Crippen LogP contribution in [-0.2, 0) is 29.5 Å². The number of hydrogen-bond donors (Lipinski definition) is 2. The van der Waals surface area contributed by atoms with E-state index in [9.17, 15) is 16.8 Å². The van der Waals surface area contributed by atoms with Crippen molar-refractivity contribution in [3.05, 3.63) is 72.8 Å². The average molecular weight is 559 g/mol. The van der Waals surface area contributed by atoms with Gasteiger partial charge in [-0.3, -0.25) is 9.44 Å². The molecule has 2 aliphatic heterocycles. The fourth-order valence-electron chi connectivity index (χ4n) is 4.48. The third-order valence-electron chi connectivity index (χ3n) is 6.41. The van der Waals surface area contributed by atoms with Gasteiger partial charge in [-0.05, 0) is 36.4 Å². The molecular formula is C26H30N4O6S2. The molecule has 12 heteroatoms. The molecule has 2 heterocycles. The van der Waals surface area contributed by atoms with E-state index >= 15 is 0 Å². The molecule has 0 spiro atoms. The van der Waals surface area contributed by atoms with Crippen molar-refractivity contribution in [1.29, 1.82) is 0 Å². The van der Waals surface area contributed by atoms with Gasteiger partial charge in [-0.15, -0.1) is 0 Å². The van der Waals surface area contributed by atoms with Crippen LogP contribution in [0.15, 0.2) is 82.6 Å². The van der Waals surface area contributed by atoms with Crippen LogP contribution in [0, 0.1) is 0 Å². The number of rotatable bonds is 8. The number of nitrogens with one attached hydrogen (secondary N) is 2. The van der Waals surface area contributed by atoms with Crippen molar-refractivity contribution in [3.8, 4) is 0 Å². The molecule has 2 saturated heterocycles. The van der Waals surface area contributed by atoms with Crippen molar-refractivity contribution < 1.29 is 26.3 Å². The Morgan fingerprint density at radius 3 is 1.24 bits per heavy atom. The minimum absolute atomic E-state index is 0.134. The van der Waals surface area contributed by atoms with Gasteiger partial charge >= 0.3 is 0 Å². The van der Waals surface area contributed by atoms with E-state index in [2.05, 4.69) is 9.44 Å². The minimum Gasteiger partial charge on any atom is -0.378 e. The second-order valence-electron chi connectivity index (χ2n) is 8.92. The van der Waals surface area contributed by atoms with Crippen molar-refractivity contribution in [3.63, 3.8) is 0 Å². The fourth-order valence-corrected chi connectivity index (χ4v) is 6.65. The molecule has 0 amide bonds. The highest BCUT2D eigenvalue weighted by Crippen LogP contribution is 2.40. The molecule has 3 aromatic carbocycles. The second-order valence-corrected chi connectivity index (χ2v) is 12.3. The van der Waals surface area contributed by atoms with Crippen LogP contribution in [-0.4, -0.2) is 69.4 Å². The van der Waals surface area contributed by atoms with Crippen LogP contribution >= 0.6 is 0 Å². The lowest BCUT2D eigenvalue weighted by atomic mass is 10.1. The number of sulfonamides is 2. The number of nitrogens with zero attached hydrogens (tertiary/aromatic N) is 2. The molecule has 0 saturated carbocycles. The van der Waals surface area contributed by atoms with Crippen molar-refractivity contribution >= 4 is 42.8 Å². The highest BCUT2D eigenvalue weighted by atomic mass is 32.2. The first kappa shape index (κ1) is 26.3. The van der Waals surface area contributed by atoms with Gasteiger partial charge in [0.05, 0.1) is 59.0 Å². The van der Waals surface area contributed by atoms with Crippen LogP contribution in [0.4, 0.5) is 22.7 Å². The van der Waals surface area contributed by atoms with Crippen molar-refractivity contribution in [2.24, 2.45) is 0 Å². The number of hydrogen-bond acceptors (Lipinski definition) is 8. The first-order chi connectivity index (χ1) is 18.3. The van der Waals surface area contributed by atoms with Crippen LogP contribution in [0.1, 0.15) is 0 Å². The third-order valence-corrected chi connectivity index (χ3v) is 9.18. The maximum Gasteiger partial charge on any atom is 0.261 e. The molecule has 0 unspecified atom stereocenters. The summed E-state index contributed by atoms with van der Waals surface area (Å²) in [6.45, 7) is 4.01. The summed E-state index contributed by atoms with van der Waals surface area (Å²) in [5, 5.41) is 0. The van der Waals surface area contributed by atoms with E-state index < -0.39 is 20.0 Å². The first-order valence-electron chi connectivity index (χ1n) is 12.3. The fraction of sp³-hybridized carbons (Fsp3) is 0.308. The predicted octanol–water partition coefficient (Wildman–Crippen LogP) is 2.96. The van der Waals surface area contributed by atoms with Gasteiger partial charge in [0.2, 0.25) is 0 Å². The molecule has 2 aliphatic rings. The summed E-state index contributed by atoms with van der Waals surface area (Å²) in [4.78, 5) is 4.26. The van der Waals surface area contributed by atoms with E-state index in [0.717, 1.165) is 0 Å². The molecule has 5 rings (SSSR count). The Morgan fingerprint density at radius 2 is 0.895 bits per heavy atom. The summed E-state index contributed by atoms with van der Waals surface area (Å²) >= 11 is 0. The molecule has 0 bridgehead atoms. The predicted molar refractivity (Wildman–Crippen MR) is 147 cm³/mol. The lowest BCUT2D eigenvalue weighted by Gasteiger charge is -2.34. The quantitative estimate of drug-likeness (QED) is 0.434. The van der Waals surface area contributed by atoms with Gasteiger partial charge in [0.25, 0.3) is 20.0 Å². The molecule has 38 heavy (non-hydrogen) atoms. The van der Waals surface area contributed by atoms with Gasteiger partial charge < -0.3 is 19.3 Å². The molecule has 2 fully saturated rings. The molecule has 202 valence electrons. The number of morpholine rings is 2. The van der Waals surface area contributed by atoms with E-state index in [1.807, 2.05) is 9.80 Å². The summed E-state index contributed by atoms with van der Waals surface area (Å²) in [6, 6.07) is 19.7. The molecular weight excluding hydrogens is 528 g/mol. The van der Waals surface area contributed by atoms with E-state index in [1.165, 1.54) is 24.3 Å². The molecule has 0 aromatic heterocycles. The Bertz CT molecular complexity index is 1340. The largest absolute Gasteiger partial charge is 0.378 e.